The zero-order valence-electron chi connectivity index (χ0n) is 18.9. The Bertz CT molecular complexity index is 1100. The van der Waals surface area contributed by atoms with Gasteiger partial charge in [0, 0.05) is 31.5 Å². The Balaban J connectivity index is 0.947. The molecule has 2 aromatic rings. The van der Waals surface area contributed by atoms with Crippen LogP contribution in [-0.4, -0.2) is 53.7 Å². The minimum absolute atomic E-state index is 0.0387. The van der Waals surface area contributed by atoms with Crippen LogP contribution >= 0.6 is 0 Å². The van der Waals surface area contributed by atoms with Gasteiger partial charge in [0.1, 0.15) is 6.61 Å². The number of nitrogens with one attached hydrogen (secondary N) is 1. The molecular weight excluding hydrogens is 432 g/mol. The summed E-state index contributed by atoms with van der Waals surface area (Å²) in [6.07, 6.45) is 1.61. The van der Waals surface area contributed by atoms with E-state index in [1.165, 1.54) is 22.3 Å². The molecular formula is C27H28N2O5. The van der Waals surface area contributed by atoms with Gasteiger partial charge in [0.15, 0.2) is 0 Å². The first kappa shape index (κ1) is 21.2. The summed E-state index contributed by atoms with van der Waals surface area (Å²) in [4.78, 5) is 37.9. The van der Waals surface area contributed by atoms with Crippen molar-refractivity contribution in [2.75, 3.05) is 19.7 Å². The van der Waals surface area contributed by atoms with E-state index in [1.54, 1.807) is 0 Å². The van der Waals surface area contributed by atoms with Crippen molar-refractivity contribution in [3.63, 3.8) is 0 Å². The summed E-state index contributed by atoms with van der Waals surface area (Å²) in [5.41, 5.74) is 4.78. The molecule has 4 aliphatic rings. The van der Waals surface area contributed by atoms with Crippen LogP contribution in [0.3, 0.4) is 0 Å². The lowest BCUT2D eigenvalue weighted by molar-refractivity contribution is -0.141. The van der Waals surface area contributed by atoms with Gasteiger partial charge in [-0.15, -0.1) is 0 Å². The highest BCUT2D eigenvalue weighted by Gasteiger charge is 2.60. The zero-order valence-corrected chi connectivity index (χ0v) is 18.9. The minimum Gasteiger partial charge on any atom is -0.481 e. The van der Waals surface area contributed by atoms with Crippen molar-refractivity contribution in [3.8, 4) is 11.1 Å². The summed E-state index contributed by atoms with van der Waals surface area (Å²) in [5, 5.41) is 12.1. The number of piperidine rings is 1. The molecule has 0 radical (unpaired) electrons. The average molecular weight is 461 g/mol. The summed E-state index contributed by atoms with van der Waals surface area (Å²) < 4.78 is 5.62. The highest BCUT2D eigenvalue weighted by Crippen LogP contribution is 2.52. The van der Waals surface area contributed by atoms with Crippen molar-refractivity contribution in [2.24, 2.45) is 23.7 Å². The van der Waals surface area contributed by atoms with E-state index < -0.39 is 12.1 Å². The number of ether oxygens (including phenoxy) is 1. The second-order valence-electron chi connectivity index (χ2n) is 10.2. The van der Waals surface area contributed by atoms with E-state index >= 15 is 0 Å². The molecule has 2 aromatic carbocycles. The molecule has 3 fully saturated rings. The van der Waals surface area contributed by atoms with Gasteiger partial charge < -0.3 is 20.1 Å². The van der Waals surface area contributed by atoms with Crippen LogP contribution in [-0.2, 0) is 14.3 Å². The van der Waals surface area contributed by atoms with Gasteiger partial charge in [0.05, 0.1) is 5.92 Å². The molecule has 2 amide bonds. The molecule has 3 atom stereocenters. The molecule has 1 saturated heterocycles. The largest absolute Gasteiger partial charge is 0.481 e. The van der Waals surface area contributed by atoms with Gasteiger partial charge >= 0.3 is 12.1 Å². The first-order chi connectivity index (χ1) is 16.5. The maximum atomic E-state index is 12.5. The maximum Gasteiger partial charge on any atom is 0.407 e. The molecule has 34 heavy (non-hydrogen) atoms. The van der Waals surface area contributed by atoms with Crippen LogP contribution in [0.4, 0.5) is 4.79 Å². The van der Waals surface area contributed by atoms with Gasteiger partial charge in [0.25, 0.3) is 0 Å². The first-order valence-electron chi connectivity index (χ1n) is 12.1. The Morgan fingerprint density at radius 1 is 0.941 bits per heavy atom. The van der Waals surface area contributed by atoms with E-state index in [0.717, 1.165) is 12.8 Å². The second kappa shape index (κ2) is 8.15. The lowest BCUT2D eigenvalue weighted by Gasteiger charge is -2.36. The molecule has 2 saturated carbocycles. The van der Waals surface area contributed by atoms with E-state index in [9.17, 15) is 14.4 Å². The Morgan fingerprint density at radius 3 is 2.12 bits per heavy atom. The number of amides is 2. The summed E-state index contributed by atoms with van der Waals surface area (Å²) in [6.45, 7) is 1.45. The third kappa shape index (κ3) is 3.63. The molecule has 7 heteroatoms. The van der Waals surface area contributed by atoms with E-state index in [2.05, 4.69) is 29.6 Å². The van der Waals surface area contributed by atoms with Crippen LogP contribution in [0.2, 0.25) is 0 Å². The van der Waals surface area contributed by atoms with Crippen molar-refractivity contribution in [2.45, 2.75) is 31.2 Å². The second-order valence-corrected chi connectivity index (χ2v) is 10.2. The number of carboxylic acids is 1. The highest BCUT2D eigenvalue weighted by molar-refractivity contribution is 5.80. The van der Waals surface area contributed by atoms with Crippen molar-refractivity contribution < 1.29 is 24.2 Å². The van der Waals surface area contributed by atoms with Crippen molar-refractivity contribution in [1.29, 1.82) is 0 Å². The number of aliphatic carboxylic acids is 1. The fourth-order valence-corrected chi connectivity index (χ4v) is 6.30. The molecule has 3 aliphatic carbocycles. The van der Waals surface area contributed by atoms with Crippen LogP contribution in [0.5, 0.6) is 0 Å². The van der Waals surface area contributed by atoms with E-state index in [0.29, 0.717) is 26.1 Å². The number of benzene rings is 2. The molecule has 0 bridgehead atoms. The number of likely N-dealkylation sites (tertiary alicyclic amines) is 1. The highest BCUT2D eigenvalue weighted by atomic mass is 16.5. The van der Waals surface area contributed by atoms with Crippen LogP contribution in [0, 0.1) is 23.7 Å². The monoisotopic (exact) mass is 460 g/mol. The summed E-state index contributed by atoms with van der Waals surface area (Å²) in [6, 6.07) is 16.6. The van der Waals surface area contributed by atoms with Gasteiger partial charge in [-0.2, -0.15) is 0 Å². The van der Waals surface area contributed by atoms with E-state index in [1.807, 2.05) is 29.2 Å². The van der Waals surface area contributed by atoms with Crippen molar-refractivity contribution in [1.82, 2.24) is 10.2 Å². The predicted octanol–water partition coefficient (Wildman–Crippen LogP) is 3.48. The summed E-state index contributed by atoms with van der Waals surface area (Å²) in [5.74, 6) is -0.282. The molecule has 2 N–H and O–H groups in total. The lowest BCUT2D eigenvalue weighted by atomic mass is 9.78. The van der Waals surface area contributed by atoms with Crippen LogP contribution in [0.15, 0.2) is 48.5 Å². The fourth-order valence-electron chi connectivity index (χ4n) is 6.30. The SMILES string of the molecule is O=C(NC1CC(CC(=O)N2C[C@@H]3C(C(=O)O)[C@@H]3C2)C1)OCC1c2ccccc2-c2ccccc21. The number of carbonyl (C=O) groups is 3. The van der Waals surface area contributed by atoms with E-state index in [4.69, 9.17) is 9.84 Å². The molecule has 1 unspecified atom stereocenters. The Kier molecular flexibility index (Phi) is 5.08. The average Bonchev–Trinajstić information content (AvgIpc) is 3.17. The summed E-state index contributed by atoms with van der Waals surface area (Å²) >= 11 is 0. The molecule has 0 aromatic heterocycles. The van der Waals surface area contributed by atoms with Gasteiger partial charge in [-0.1, -0.05) is 48.5 Å². The van der Waals surface area contributed by atoms with Crippen molar-refractivity contribution in [3.05, 3.63) is 59.7 Å². The third-order valence-electron chi connectivity index (χ3n) is 8.20. The van der Waals surface area contributed by atoms with Gasteiger partial charge in [-0.25, -0.2) is 4.79 Å². The third-order valence-corrected chi connectivity index (χ3v) is 8.20. The van der Waals surface area contributed by atoms with E-state index in [-0.39, 0.29) is 41.5 Å². The number of nitrogens with zero attached hydrogens (tertiary/aromatic N) is 1. The topological polar surface area (TPSA) is 95.9 Å². The predicted molar refractivity (Wildman–Crippen MR) is 124 cm³/mol. The van der Waals surface area contributed by atoms with Gasteiger partial charge in [0.2, 0.25) is 5.91 Å². The maximum absolute atomic E-state index is 12.5. The fraction of sp³-hybridized carbons (Fsp3) is 0.444. The number of fused-ring (bicyclic) bond motifs is 4. The lowest BCUT2D eigenvalue weighted by Crippen LogP contribution is -2.46. The Morgan fingerprint density at radius 2 is 1.53 bits per heavy atom. The standard InChI is InChI=1S/C27H28N2O5/c30-24(29-12-21-22(13-29)25(21)26(31)32)11-15-9-16(10-15)28-27(33)34-14-23-19-7-3-1-5-17(19)18-6-2-4-8-20(18)23/h1-8,15-16,21-23,25H,9-14H2,(H,28,33)(H,31,32)/t15?,16?,21-,22+,25?. The van der Waals surface area contributed by atoms with Crippen molar-refractivity contribution >= 4 is 18.0 Å². The number of carboxylic acid groups (broad SMARTS) is 1. The number of rotatable bonds is 6. The Labute approximate surface area is 198 Å². The molecule has 0 spiro atoms. The van der Waals surface area contributed by atoms with Crippen LogP contribution < -0.4 is 5.32 Å². The number of hydrogen-bond donors (Lipinski definition) is 2. The molecule has 1 heterocycles. The molecule has 6 rings (SSSR count). The molecule has 1 aliphatic heterocycles. The van der Waals surface area contributed by atoms with Gasteiger partial charge in [-0.3, -0.25) is 9.59 Å². The number of hydrogen-bond acceptors (Lipinski definition) is 4. The van der Waals surface area contributed by atoms with Gasteiger partial charge in [-0.05, 0) is 52.8 Å². The summed E-state index contributed by atoms with van der Waals surface area (Å²) in [7, 11) is 0. The molecule has 7 nitrogen and oxygen atoms in total. The first-order valence-corrected chi connectivity index (χ1v) is 12.1. The normalized spacial score (nSPS) is 28.4. The smallest absolute Gasteiger partial charge is 0.407 e. The quantitative estimate of drug-likeness (QED) is 0.688. The Hall–Kier alpha value is -3.35. The minimum atomic E-state index is -0.733. The van der Waals surface area contributed by atoms with Crippen LogP contribution in [0.25, 0.3) is 11.1 Å². The number of alkyl carbamates (subject to hydrolysis) is 1. The zero-order chi connectivity index (χ0) is 23.4. The van der Waals surface area contributed by atoms with Crippen LogP contribution in [0.1, 0.15) is 36.3 Å². The molecule has 176 valence electrons. The number of carbonyl (C=O) groups excluding carboxylic acids is 2.